The molecular formula is C26H38N4O2S2. The van der Waals surface area contributed by atoms with Gasteiger partial charge in [0.15, 0.2) is 0 Å². The molecule has 8 heteroatoms. The molecule has 0 aliphatic heterocycles. The maximum Gasteiger partial charge on any atom is 0.136 e. The smallest absolute Gasteiger partial charge is 0.136 e. The van der Waals surface area contributed by atoms with Gasteiger partial charge in [0, 0.05) is 75.5 Å². The van der Waals surface area contributed by atoms with E-state index in [0.29, 0.717) is 6.61 Å². The predicted molar refractivity (Wildman–Crippen MR) is 150 cm³/mol. The molecule has 0 amide bonds. The fraction of sp³-hybridized carbons (Fsp3) is 0.500. The second-order valence-corrected chi connectivity index (χ2v) is 10.4. The van der Waals surface area contributed by atoms with E-state index in [1.165, 1.54) is 11.5 Å². The zero-order chi connectivity index (χ0) is 24.2. The highest BCUT2D eigenvalue weighted by molar-refractivity contribution is 7.98. The first-order chi connectivity index (χ1) is 16.6. The van der Waals surface area contributed by atoms with E-state index < -0.39 is 0 Å². The van der Waals surface area contributed by atoms with Crippen LogP contribution in [0.3, 0.4) is 0 Å². The van der Waals surface area contributed by atoms with Crippen LogP contribution in [0.4, 0.5) is 5.82 Å². The van der Waals surface area contributed by atoms with E-state index in [1.54, 1.807) is 0 Å². The van der Waals surface area contributed by atoms with Crippen molar-refractivity contribution >= 4 is 40.3 Å². The molecule has 0 fully saturated rings. The molecule has 3 aromatic rings. The molecule has 0 saturated carbocycles. The molecule has 6 nitrogen and oxygen atoms in total. The van der Waals surface area contributed by atoms with E-state index in [9.17, 15) is 0 Å². The Kier molecular flexibility index (Phi) is 11.4. The average Bonchev–Trinajstić information content (AvgIpc) is 3.28. The number of pyridine rings is 1. The average molecular weight is 503 g/mol. The Morgan fingerprint density at radius 2 is 1.82 bits per heavy atom. The van der Waals surface area contributed by atoms with Crippen molar-refractivity contribution in [1.29, 1.82) is 0 Å². The summed E-state index contributed by atoms with van der Waals surface area (Å²) in [7, 11) is 3.97. The second-order valence-electron chi connectivity index (χ2n) is 8.39. The van der Waals surface area contributed by atoms with Gasteiger partial charge in [-0.1, -0.05) is 0 Å². The molecule has 2 heterocycles. The van der Waals surface area contributed by atoms with Gasteiger partial charge in [0.1, 0.15) is 22.9 Å². The number of rotatable bonds is 16. The van der Waals surface area contributed by atoms with Gasteiger partial charge in [-0.3, -0.25) is 0 Å². The molecule has 0 aliphatic rings. The number of ether oxygens (including phenoxy) is 1. The molecule has 34 heavy (non-hydrogen) atoms. The van der Waals surface area contributed by atoms with Crippen molar-refractivity contribution < 1.29 is 9.15 Å². The van der Waals surface area contributed by atoms with Gasteiger partial charge in [0.2, 0.25) is 0 Å². The number of thioether (sulfide) groups is 2. The van der Waals surface area contributed by atoms with Gasteiger partial charge in [0.05, 0.1) is 6.61 Å². The van der Waals surface area contributed by atoms with Crippen molar-refractivity contribution in [3.8, 4) is 17.1 Å². The molecular weight excluding hydrogens is 464 g/mol. The molecule has 0 bridgehead atoms. The first kappa shape index (κ1) is 26.7. The Morgan fingerprint density at radius 1 is 0.971 bits per heavy atom. The van der Waals surface area contributed by atoms with Gasteiger partial charge in [-0.2, -0.15) is 23.5 Å². The van der Waals surface area contributed by atoms with Gasteiger partial charge in [-0.05, 0) is 55.3 Å². The molecule has 0 unspecified atom stereocenters. The van der Waals surface area contributed by atoms with Crippen LogP contribution in [0.15, 0.2) is 47.0 Å². The van der Waals surface area contributed by atoms with Crippen LogP contribution >= 0.6 is 23.5 Å². The van der Waals surface area contributed by atoms with Crippen LogP contribution in [-0.2, 0) is 0 Å². The third-order valence-electron chi connectivity index (χ3n) is 5.57. The molecule has 1 aromatic carbocycles. The van der Waals surface area contributed by atoms with Crippen LogP contribution < -0.4 is 15.0 Å². The van der Waals surface area contributed by atoms with Crippen molar-refractivity contribution in [3.05, 3.63) is 42.6 Å². The van der Waals surface area contributed by atoms with Crippen molar-refractivity contribution in [2.24, 2.45) is 0 Å². The lowest BCUT2D eigenvalue weighted by atomic mass is 10.2. The highest BCUT2D eigenvalue weighted by Gasteiger charge is 2.09. The fourth-order valence-corrected chi connectivity index (χ4v) is 4.41. The normalized spacial score (nSPS) is 11.4. The minimum absolute atomic E-state index is 0.710. The topological polar surface area (TPSA) is 53.8 Å². The summed E-state index contributed by atoms with van der Waals surface area (Å²) in [5.41, 5.74) is 1.83. The van der Waals surface area contributed by atoms with E-state index >= 15 is 0 Å². The van der Waals surface area contributed by atoms with Crippen molar-refractivity contribution in [3.63, 3.8) is 0 Å². The Bertz CT molecular complexity index is 979. The van der Waals surface area contributed by atoms with Crippen LogP contribution in [0, 0.1) is 0 Å². The van der Waals surface area contributed by atoms with E-state index in [1.807, 2.05) is 73.0 Å². The number of nitrogens with one attached hydrogen (secondary N) is 1. The Labute approximate surface area is 212 Å². The molecule has 186 valence electrons. The maximum absolute atomic E-state index is 6.07. The van der Waals surface area contributed by atoms with Crippen LogP contribution in [0.1, 0.15) is 6.42 Å². The number of benzene rings is 1. The standard InChI is InChI=1S/C26H38N4O2S2/c1-29(2)26-9-6-21(20-28-26)25-19-22-18-23(7-8-24(22)32-25)31-15-5-12-30(14-17-34-4)13-10-27-11-16-33-3/h6-9,18-20,27H,5,10-17H2,1-4H3. The highest BCUT2D eigenvalue weighted by atomic mass is 32.2. The quantitative estimate of drug-likeness (QED) is 0.276. The van der Waals surface area contributed by atoms with Crippen molar-refractivity contribution in [2.45, 2.75) is 6.42 Å². The minimum Gasteiger partial charge on any atom is -0.494 e. The number of fused-ring (bicyclic) bond motifs is 1. The van der Waals surface area contributed by atoms with E-state index in [0.717, 1.165) is 73.0 Å². The van der Waals surface area contributed by atoms with E-state index in [-0.39, 0.29) is 0 Å². The van der Waals surface area contributed by atoms with Gasteiger partial charge < -0.3 is 24.3 Å². The SMILES string of the molecule is CSCCNCCN(CCCOc1ccc2oc(-c3ccc(N(C)C)nc3)cc2c1)CCSC. The number of anilines is 1. The van der Waals surface area contributed by atoms with Crippen LogP contribution in [0.2, 0.25) is 0 Å². The van der Waals surface area contributed by atoms with E-state index in [4.69, 9.17) is 9.15 Å². The molecule has 0 saturated heterocycles. The van der Waals surface area contributed by atoms with Gasteiger partial charge >= 0.3 is 0 Å². The van der Waals surface area contributed by atoms with Crippen molar-refractivity contribution in [2.75, 3.05) is 82.3 Å². The van der Waals surface area contributed by atoms with Gasteiger partial charge in [0.25, 0.3) is 0 Å². The Balaban J connectivity index is 1.49. The summed E-state index contributed by atoms with van der Waals surface area (Å²) >= 11 is 3.79. The Hall–Kier alpha value is -1.87. The summed E-state index contributed by atoms with van der Waals surface area (Å²) in [6.07, 6.45) is 7.19. The zero-order valence-corrected chi connectivity index (χ0v) is 22.5. The highest BCUT2D eigenvalue weighted by Crippen LogP contribution is 2.30. The van der Waals surface area contributed by atoms with Gasteiger partial charge in [-0.15, -0.1) is 0 Å². The summed E-state index contributed by atoms with van der Waals surface area (Å²) < 4.78 is 12.1. The largest absolute Gasteiger partial charge is 0.494 e. The van der Waals surface area contributed by atoms with Crippen LogP contribution in [-0.4, -0.2) is 87.3 Å². The maximum atomic E-state index is 6.07. The fourth-order valence-electron chi connectivity index (χ4n) is 3.62. The molecule has 0 spiro atoms. The predicted octanol–water partition coefficient (Wildman–Crippen LogP) is 4.95. The zero-order valence-electron chi connectivity index (χ0n) is 20.9. The lowest BCUT2D eigenvalue weighted by Gasteiger charge is -2.22. The summed E-state index contributed by atoms with van der Waals surface area (Å²) in [6, 6.07) is 12.1. The lowest BCUT2D eigenvalue weighted by molar-refractivity contribution is 0.243. The number of hydrogen-bond donors (Lipinski definition) is 1. The van der Waals surface area contributed by atoms with E-state index in [2.05, 4.69) is 39.8 Å². The lowest BCUT2D eigenvalue weighted by Crippen LogP contribution is -2.35. The summed E-state index contributed by atoms with van der Waals surface area (Å²) in [5.74, 6) is 4.96. The molecule has 0 atom stereocenters. The number of furan rings is 1. The van der Waals surface area contributed by atoms with Crippen LogP contribution in [0.5, 0.6) is 5.75 Å². The Morgan fingerprint density at radius 3 is 2.56 bits per heavy atom. The third kappa shape index (κ3) is 8.41. The molecule has 3 rings (SSSR count). The van der Waals surface area contributed by atoms with Crippen LogP contribution in [0.25, 0.3) is 22.3 Å². The number of nitrogens with zero attached hydrogens (tertiary/aromatic N) is 3. The molecule has 2 aromatic heterocycles. The number of hydrogen-bond acceptors (Lipinski definition) is 8. The second kappa shape index (κ2) is 14.5. The molecule has 1 N–H and O–H groups in total. The molecule has 0 radical (unpaired) electrons. The third-order valence-corrected chi connectivity index (χ3v) is 6.77. The first-order valence-electron chi connectivity index (χ1n) is 11.8. The summed E-state index contributed by atoms with van der Waals surface area (Å²) in [4.78, 5) is 9.01. The number of aromatic nitrogens is 1. The summed E-state index contributed by atoms with van der Waals surface area (Å²) in [6.45, 7) is 6.10. The molecule has 0 aliphatic carbocycles. The first-order valence-corrected chi connectivity index (χ1v) is 14.6. The minimum atomic E-state index is 0.710. The summed E-state index contributed by atoms with van der Waals surface area (Å²) in [5, 5.41) is 4.58. The van der Waals surface area contributed by atoms with Gasteiger partial charge in [-0.25, -0.2) is 4.98 Å². The van der Waals surface area contributed by atoms with Crippen molar-refractivity contribution in [1.82, 2.24) is 15.2 Å². The monoisotopic (exact) mass is 502 g/mol.